The average molecular weight is 272 g/mol. The van der Waals surface area contributed by atoms with E-state index in [4.69, 9.17) is 15.1 Å². The Bertz CT molecular complexity index is 102. The van der Waals surface area contributed by atoms with Crippen molar-refractivity contribution < 1.29 is 6.15 Å². The fourth-order valence-corrected chi connectivity index (χ4v) is 4.71. The van der Waals surface area contributed by atoms with E-state index in [-0.39, 0.29) is 0 Å². The second-order valence-electron chi connectivity index (χ2n) is 2.28. The van der Waals surface area contributed by atoms with Crippen LogP contribution in [-0.4, -0.2) is 44.4 Å². The van der Waals surface area contributed by atoms with Crippen LogP contribution in [0.1, 0.15) is 0 Å². The van der Waals surface area contributed by atoms with E-state index in [0.717, 1.165) is 13.1 Å². The molecule has 1 aliphatic rings. The molecule has 0 aromatic carbocycles. The quantitative estimate of drug-likeness (QED) is 0.649. The summed E-state index contributed by atoms with van der Waals surface area (Å²) in [6.07, 6.45) is 0. The second kappa shape index (κ2) is 4.11. The third-order valence-corrected chi connectivity index (χ3v) is 6.85. The Balaban J connectivity index is 2.30. The van der Waals surface area contributed by atoms with Crippen molar-refractivity contribution >= 4 is 27.0 Å². The van der Waals surface area contributed by atoms with Crippen LogP contribution in [0.4, 0.5) is 0 Å². The molecule has 0 spiro atoms. The molecule has 1 aliphatic heterocycles. The maximum absolute atomic E-state index is 5.99. The molecule has 0 bridgehead atoms. The third kappa shape index (κ3) is 3.39. The van der Waals surface area contributed by atoms with Crippen LogP contribution < -0.4 is 5.32 Å². The Hall–Kier alpha value is 0.969. The molecule has 60 valence electrons. The van der Waals surface area contributed by atoms with Crippen LogP contribution in [0.2, 0.25) is 4.94 Å². The van der Waals surface area contributed by atoms with Crippen molar-refractivity contribution in [2.45, 2.75) is 4.94 Å². The van der Waals surface area contributed by atoms with Gasteiger partial charge in [-0.05, 0) is 0 Å². The van der Waals surface area contributed by atoms with Gasteiger partial charge in [0.15, 0.2) is 0 Å². The van der Waals surface area contributed by atoms with Crippen molar-refractivity contribution in [3.05, 3.63) is 0 Å². The van der Waals surface area contributed by atoms with Gasteiger partial charge in [0, 0.05) is 0 Å². The molecule has 1 fully saturated rings. The molecule has 0 radical (unpaired) electrons. The van der Waals surface area contributed by atoms with E-state index < -0.39 is 18.1 Å². The van der Waals surface area contributed by atoms with Crippen molar-refractivity contribution in [3.8, 4) is 0 Å². The van der Waals surface area contributed by atoms with Crippen LogP contribution in [0.5, 0.6) is 0 Å². The van der Waals surface area contributed by atoms with Gasteiger partial charge in [-0.25, -0.2) is 0 Å². The minimum absolute atomic E-state index is 0.691. The van der Waals surface area contributed by atoms with Gasteiger partial charge in [0.05, 0.1) is 0 Å². The van der Waals surface area contributed by atoms with Crippen LogP contribution in [0.3, 0.4) is 0 Å². The van der Waals surface area contributed by atoms with E-state index in [0.29, 0.717) is 13.2 Å². The molecule has 10 heavy (non-hydrogen) atoms. The van der Waals surface area contributed by atoms with Gasteiger partial charge in [-0.15, -0.1) is 0 Å². The molecular formula is C5H12ClNO2Sn. The molecule has 0 aromatic heterocycles. The first-order valence-corrected chi connectivity index (χ1v) is 12.2. The Morgan fingerprint density at radius 2 is 1.80 bits per heavy atom. The molecule has 1 saturated heterocycles. The van der Waals surface area contributed by atoms with Gasteiger partial charge >= 0.3 is 69.7 Å². The Morgan fingerprint density at radius 1 is 1.30 bits per heavy atom. The van der Waals surface area contributed by atoms with E-state index in [1.54, 1.807) is 0 Å². The molecule has 1 N–H and O–H groups in total. The molecule has 1 heterocycles. The zero-order chi connectivity index (χ0) is 7.45. The Morgan fingerprint density at radius 3 is 2.30 bits per heavy atom. The second-order valence-corrected chi connectivity index (χ2v) is 13.3. The number of rotatable bonds is 0. The molecule has 0 amide bonds. The molecule has 5 heteroatoms. The van der Waals surface area contributed by atoms with Crippen LogP contribution in [0.25, 0.3) is 0 Å². The SMILES string of the molecule is [CH3][Sn]1([Cl])[O]CCNCC[O]1. The van der Waals surface area contributed by atoms with E-state index >= 15 is 0 Å². The number of hydrogen-bond donors (Lipinski definition) is 1. The van der Waals surface area contributed by atoms with Crippen molar-refractivity contribution in [2.75, 3.05) is 26.3 Å². The van der Waals surface area contributed by atoms with Crippen LogP contribution in [0.15, 0.2) is 0 Å². The summed E-state index contributed by atoms with van der Waals surface area (Å²) in [5.74, 6) is 0. The first-order chi connectivity index (χ1) is 4.71. The van der Waals surface area contributed by atoms with Crippen LogP contribution in [-0.2, 0) is 6.15 Å². The van der Waals surface area contributed by atoms with E-state index in [1.807, 2.05) is 4.94 Å². The van der Waals surface area contributed by atoms with Gasteiger partial charge in [0.1, 0.15) is 0 Å². The summed E-state index contributed by atoms with van der Waals surface area (Å²) in [7, 11) is 5.99. The first-order valence-electron chi connectivity index (χ1n) is 3.38. The summed E-state index contributed by atoms with van der Waals surface area (Å²) in [6, 6.07) is 0. The zero-order valence-corrected chi connectivity index (χ0v) is 9.63. The normalized spacial score (nSPS) is 27.0. The molecule has 0 saturated carbocycles. The maximum atomic E-state index is 5.99. The molecule has 0 atom stereocenters. The summed E-state index contributed by atoms with van der Waals surface area (Å²) in [4.78, 5) is 1.92. The fourth-order valence-electron chi connectivity index (χ4n) is 0.778. The molecule has 0 aliphatic carbocycles. The average Bonchev–Trinajstić information content (AvgIpc) is 1.81. The minimum atomic E-state index is -2.92. The van der Waals surface area contributed by atoms with Gasteiger partial charge in [0.25, 0.3) is 0 Å². The fraction of sp³-hybridized carbons (Fsp3) is 1.00. The standard InChI is InChI=1S/C4H9NO2.CH3.ClH.Sn/c6-3-1-5-2-4-7;;;/h5H,1-4H2;1H3;1H;/q-2;;;+3/p-1. The molecule has 3 nitrogen and oxygen atoms in total. The Labute approximate surface area is 69.7 Å². The third-order valence-electron chi connectivity index (χ3n) is 1.28. The van der Waals surface area contributed by atoms with Gasteiger partial charge in [0.2, 0.25) is 0 Å². The molecule has 0 aromatic rings. The molecule has 0 unspecified atom stereocenters. The first kappa shape index (κ1) is 9.06. The summed E-state index contributed by atoms with van der Waals surface area (Å²) >= 11 is -2.92. The van der Waals surface area contributed by atoms with E-state index in [1.165, 1.54) is 0 Å². The van der Waals surface area contributed by atoms with Gasteiger partial charge in [-0.2, -0.15) is 0 Å². The monoisotopic (exact) mass is 273 g/mol. The van der Waals surface area contributed by atoms with Gasteiger partial charge in [-0.1, -0.05) is 0 Å². The summed E-state index contributed by atoms with van der Waals surface area (Å²) in [5, 5.41) is 3.15. The van der Waals surface area contributed by atoms with Crippen molar-refractivity contribution in [1.29, 1.82) is 0 Å². The number of hydrogen-bond acceptors (Lipinski definition) is 3. The van der Waals surface area contributed by atoms with Gasteiger partial charge in [-0.3, -0.25) is 0 Å². The predicted molar refractivity (Wildman–Crippen MR) is 42.2 cm³/mol. The van der Waals surface area contributed by atoms with Gasteiger partial charge < -0.3 is 0 Å². The molecular weight excluding hydrogens is 260 g/mol. The van der Waals surface area contributed by atoms with E-state index in [9.17, 15) is 0 Å². The zero-order valence-electron chi connectivity index (χ0n) is 6.02. The molecule has 1 rings (SSSR count). The van der Waals surface area contributed by atoms with Crippen LogP contribution >= 0.6 is 8.92 Å². The Kier molecular flexibility index (Phi) is 3.72. The van der Waals surface area contributed by atoms with E-state index in [2.05, 4.69) is 5.32 Å². The number of halogens is 1. The van der Waals surface area contributed by atoms with Crippen molar-refractivity contribution in [3.63, 3.8) is 0 Å². The van der Waals surface area contributed by atoms with Crippen molar-refractivity contribution in [1.82, 2.24) is 5.32 Å². The predicted octanol–water partition coefficient (Wildman–Crippen LogP) is 0.430. The topological polar surface area (TPSA) is 30.5 Å². The van der Waals surface area contributed by atoms with Crippen LogP contribution in [0, 0.1) is 0 Å². The van der Waals surface area contributed by atoms with Crippen molar-refractivity contribution in [2.24, 2.45) is 0 Å². The summed E-state index contributed by atoms with van der Waals surface area (Å²) in [5.41, 5.74) is 0. The summed E-state index contributed by atoms with van der Waals surface area (Å²) < 4.78 is 10.7. The summed E-state index contributed by atoms with van der Waals surface area (Å²) in [6.45, 7) is 3.16. The number of nitrogens with one attached hydrogen (secondary N) is 1.